The molecule has 0 aromatic heterocycles. The Labute approximate surface area is 119 Å². The number of aryl methyl sites for hydroxylation is 2. The second-order valence-electron chi connectivity index (χ2n) is 4.89. The Morgan fingerprint density at radius 3 is 2.50 bits per heavy atom. The van der Waals surface area contributed by atoms with Gasteiger partial charge in [-0.05, 0) is 61.3 Å². The van der Waals surface area contributed by atoms with Gasteiger partial charge in [0.1, 0.15) is 17.3 Å². The summed E-state index contributed by atoms with van der Waals surface area (Å²) < 4.78 is 19.0. The number of hydrogen-bond donors (Lipinski definition) is 1. The van der Waals surface area contributed by atoms with E-state index < -0.39 is 0 Å². The zero-order valence-electron chi connectivity index (χ0n) is 12.2. The van der Waals surface area contributed by atoms with Crippen LogP contribution in [0, 0.1) is 19.7 Å². The summed E-state index contributed by atoms with van der Waals surface area (Å²) in [7, 11) is 0. The van der Waals surface area contributed by atoms with E-state index in [1.807, 2.05) is 26.0 Å². The summed E-state index contributed by atoms with van der Waals surface area (Å²) >= 11 is 0. The molecule has 0 heterocycles. The molecule has 0 saturated carbocycles. The molecule has 1 N–H and O–H groups in total. The zero-order chi connectivity index (χ0) is 14.5. The Bertz CT molecular complexity index is 596. The van der Waals surface area contributed by atoms with Crippen LogP contribution < -0.4 is 10.1 Å². The molecule has 0 bridgehead atoms. The topological polar surface area (TPSA) is 21.3 Å². The van der Waals surface area contributed by atoms with Gasteiger partial charge in [-0.15, -0.1) is 0 Å². The van der Waals surface area contributed by atoms with Gasteiger partial charge in [-0.3, -0.25) is 0 Å². The highest BCUT2D eigenvalue weighted by Crippen LogP contribution is 2.28. The Hall–Kier alpha value is -1.87. The summed E-state index contributed by atoms with van der Waals surface area (Å²) in [6, 6.07) is 10.7. The van der Waals surface area contributed by atoms with Crippen molar-refractivity contribution < 1.29 is 9.13 Å². The molecule has 106 valence electrons. The maximum absolute atomic E-state index is 13.1. The monoisotopic (exact) mass is 273 g/mol. The second-order valence-corrected chi connectivity index (χ2v) is 4.89. The molecule has 20 heavy (non-hydrogen) atoms. The van der Waals surface area contributed by atoms with E-state index in [1.165, 1.54) is 17.7 Å². The zero-order valence-corrected chi connectivity index (χ0v) is 12.2. The molecule has 0 fully saturated rings. The molecule has 0 spiro atoms. The van der Waals surface area contributed by atoms with Crippen LogP contribution in [0.3, 0.4) is 0 Å². The first-order valence-electron chi connectivity index (χ1n) is 6.84. The number of rotatable bonds is 5. The van der Waals surface area contributed by atoms with Gasteiger partial charge in [-0.2, -0.15) is 0 Å². The standard InChI is InChI=1S/C17H20FNO/c1-4-19-11-14-6-5-12(2)17(10-14)20-16-8-7-15(18)9-13(16)3/h5-10,19H,4,11H2,1-3H3. The first-order chi connectivity index (χ1) is 9.60. The van der Waals surface area contributed by atoms with Gasteiger partial charge < -0.3 is 10.1 Å². The van der Waals surface area contributed by atoms with E-state index in [0.29, 0.717) is 5.75 Å². The third kappa shape index (κ3) is 3.58. The average molecular weight is 273 g/mol. The quantitative estimate of drug-likeness (QED) is 0.874. The number of ether oxygens (including phenoxy) is 1. The van der Waals surface area contributed by atoms with Crippen LogP contribution in [0.5, 0.6) is 11.5 Å². The molecular weight excluding hydrogens is 253 g/mol. The molecule has 0 unspecified atom stereocenters. The first kappa shape index (κ1) is 14.5. The highest BCUT2D eigenvalue weighted by Gasteiger charge is 2.06. The number of benzene rings is 2. The van der Waals surface area contributed by atoms with E-state index in [-0.39, 0.29) is 5.82 Å². The Kier molecular flexibility index (Phi) is 4.74. The summed E-state index contributed by atoms with van der Waals surface area (Å²) in [4.78, 5) is 0. The van der Waals surface area contributed by atoms with Gasteiger partial charge in [-0.1, -0.05) is 19.1 Å². The lowest BCUT2D eigenvalue weighted by Gasteiger charge is -2.13. The minimum Gasteiger partial charge on any atom is -0.457 e. The summed E-state index contributed by atoms with van der Waals surface area (Å²) in [5.41, 5.74) is 3.03. The van der Waals surface area contributed by atoms with Crippen LogP contribution in [-0.2, 0) is 6.54 Å². The van der Waals surface area contributed by atoms with Crippen LogP contribution in [0.25, 0.3) is 0 Å². The largest absolute Gasteiger partial charge is 0.457 e. The summed E-state index contributed by atoms with van der Waals surface area (Å²) in [6.07, 6.45) is 0. The van der Waals surface area contributed by atoms with Gasteiger partial charge in [0.2, 0.25) is 0 Å². The van der Waals surface area contributed by atoms with Crippen molar-refractivity contribution in [2.24, 2.45) is 0 Å². The Morgan fingerprint density at radius 2 is 1.80 bits per heavy atom. The van der Waals surface area contributed by atoms with E-state index in [0.717, 1.165) is 30.0 Å². The lowest BCUT2D eigenvalue weighted by Crippen LogP contribution is -2.11. The number of hydrogen-bond acceptors (Lipinski definition) is 2. The van der Waals surface area contributed by atoms with E-state index in [9.17, 15) is 4.39 Å². The third-order valence-electron chi connectivity index (χ3n) is 3.19. The van der Waals surface area contributed by atoms with Crippen molar-refractivity contribution in [1.29, 1.82) is 0 Å². The highest BCUT2D eigenvalue weighted by atomic mass is 19.1. The molecular formula is C17H20FNO. The molecule has 0 amide bonds. The summed E-state index contributed by atoms with van der Waals surface area (Å²) in [5.74, 6) is 1.26. The van der Waals surface area contributed by atoms with Crippen LogP contribution in [0.2, 0.25) is 0 Å². The fraction of sp³-hybridized carbons (Fsp3) is 0.294. The van der Waals surface area contributed by atoms with Gasteiger partial charge in [0.05, 0.1) is 0 Å². The minimum absolute atomic E-state index is 0.243. The SMILES string of the molecule is CCNCc1ccc(C)c(Oc2ccc(F)cc2C)c1. The Balaban J connectivity index is 2.23. The van der Waals surface area contributed by atoms with E-state index in [4.69, 9.17) is 4.74 Å². The molecule has 2 nitrogen and oxygen atoms in total. The van der Waals surface area contributed by atoms with E-state index >= 15 is 0 Å². The van der Waals surface area contributed by atoms with Crippen molar-refractivity contribution in [3.8, 4) is 11.5 Å². The molecule has 0 aliphatic heterocycles. The lowest BCUT2D eigenvalue weighted by atomic mass is 10.1. The maximum Gasteiger partial charge on any atom is 0.130 e. The van der Waals surface area contributed by atoms with Crippen molar-refractivity contribution in [2.45, 2.75) is 27.3 Å². The summed E-state index contributed by atoms with van der Waals surface area (Å²) in [6.45, 7) is 7.67. The normalized spacial score (nSPS) is 10.6. The van der Waals surface area contributed by atoms with Gasteiger partial charge >= 0.3 is 0 Å². The smallest absolute Gasteiger partial charge is 0.130 e. The van der Waals surface area contributed by atoms with E-state index in [2.05, 4.69) is 18.3 Å². The number of nitrogens with one attached hydrogen (secondary N) is 1. The fourth-order valence-electron chi connectivity index (χ4n) is 1.98. The van der Waals surface area contributed by atoms with Crippen molar-refractivity contribution >= 4 is 0 Å². The lowest BCUT2D eigenvalue weighted by molar-refractivity contribution is 0.472. The van der Waals surface area contributed by atoms with Crippen LogP contribution in [0.4, 0.5) is 4.39 Å². The highest BCUT2D eigenvalue weighted by molar-refractivity contribution is 5.42. The average Bonchev–Trinajstić information content (AvgIpc) is 2.42. The maximum atomic E-state index is 13.1. The molecule has 0 aliphatic carbocycles. The fourth-order valence-corrected chi connectivity index (χ4v) is 1.98. The van der Waals surface area contributed by atoms with Crippen molar-refractivity contribution in [2.75, 3.05) is 6.54 Å². The predicted octanol–water partition coefficient (Wildman–Crippen LogP) is 4.34. The molecule has 0 radical (unpaired) electrons. The van der Waals surface area contributed by atoms with Gasteiger partial charge in [0, 0.05) is 6.54 Å². The first-order valence-corrected chi connectivity index (χ1v) is 6.84. The third-order valence-corrected chi connectivity index (χ3v) is 3.19. The van der Waals surface area contributed by atoms with Crippen molar-refractivity contribution in [3.63, 3.8) is 0 Å². The number of halogens is 1. The van der Waals surface area contributed by atoms with Crippen LogP contribution >= 0.6 is 0 Å². The molecule has 3 heteroatoms. The second kappa shape index (κ2) is 6.53. The molecule has 0 saturated heterocycles. The van der Waals surface area contributed by atoms with Gasteiger partial charge in [0.15, 0.2) is 0 Å². The molecule has 0 atom stereocenters. The molecule has 2 aromatic rings. The van der Waals surface area contributed by atoms with Crippen molar-refractivity contribution in [3.05, 3.63) is 58.9 Å². The van der Waals surface area contributed by atoms with Gasteiger partial charge in [0.25, 0.3) is 0 Å². The van der Waals surface area contributed by atoms with Crippen molar-refractivity contribution in [1.82, 2.24) is 5.32 Å². The molecule has 2 rings (SSSR count). The molecule has 0 aliphatic rings. The van der Waals surface area contributed by atoms with Crippen LogP contribution in [0.15, 0.2) is 36.4 Å². The van der Waals surface area contributed by atoms with Crippen LogP contribution in [0.1, 0.15) is 23.6 Å². The minimum atomic E-state index is -0.243. The summed E-state index contributed by atoms with van der Waals surface area (Å²) in [5, 5.41) is 3.29. The Morgan fingerprint density at radius 1 is 1.00 bits per heavy atom. The molecule has 2 aromatic carbocycles. The predicted molar refractivity (Wildman–Crippen MR) is 79.8 cm³/mol. The van der Waals surface area contributed by atoms with E-state index in [1.54, 1.807) is 6.07 Å². The van der Waals surface area contributed by atoms with Crippen LogP contribution in [-0.4, -0.2) is 6.54 Å². The van der Waals surface area contributed by atoms with Gasteiger partial charge in [-0.25, -0.2) is 4.39 Å².